The highest BCUT2D eigenvalue weighted by Gasteiger charge is 2.28. The molecule has 20 heavy (non-hydrogen) atoms. The molecule has 1 aliphatic carbocycles. The van der Waals surface area contributed by atoms with Crippen LogP contribution in [0.2, 0.25) is 0 Å². The molecule has 0 bridgehead atoms. The van der Waals surface area contributed by atoms with Gasteiger partial charge in [-0.25, -0.2) is 4.99 Å². The van der Waals surface area contributed by atoms with Gasteiger partial charge in [0.1, 0.15) is 0 Å². The minimum atomic E-state index is -0.0838. The SMILES string of the molecule is Cl.NC(N)=NCC(N=C(N)N)C1Cc2ccccc2C1. The summed E-state index contributed by atoms with van der Waals surface area (Å²) in [6.07, 6.45) is 1.91. The van der Waals surface area contributed by atoms with Crippen molar-refractivity contribution >= 4 is 24.3 Å². The second kappa shape index (κ2) is 7.00. The summed E-state index contributed by atoms with van der Waals surface area (Å²) in [5, 5.41) is 0. The average molecular weight is 297 g/mol. The lowest BCUT2D eigenvalue weighted by atomic mass is 9.97. The van der Waals surface area contributed by atoms with Crippen LogP contribution in [0.15, 0.2) is 34.3 Å². The fourth-order valence-corrected chi connectivity index (χ4v) is 2.55. The van der Waals surface area contributed by atoms with Crippen molar-refractivity contribution in [1.29, 1.82) is 0 Å². The van der Waals surface area contributed by atoms with E-state index in [4.69, 9.17) is 22.9 Å². The molecule has 0 aromatic heterocycles. The first-order chi connectivity index (χ1) is 9.06. The number of benzene rings is 1. The lowest BCUT2D eigenvalue weighted by Gasteiger charge is -2.17. The van der Waals surface area contributed by atoms with Gasteiger partial charge in [0.15, 0.2) is 11.9 Å². The molecule has 1 aromatic rings. The summed E-state index contributed by atoms with van der Waals surface area (Å²) in [6, 6.07) is 8.30. The van der Waals surface area contributed by atoms with Gasteiger partial charge in [0.05, 0.1) is 12.6 Å². The van der Waals surface area contributed by atoms with Gasteiger partial charge < -0.3 is 22.9 Å². The summed E-state index contributed by atoms with van der Waals surface area (Å²) < 4.78 is 0. The molecule has 0 heterocycles. The van der Waals surface area contributed by atoms with Crippen LogP contribution in [0.4, 0.5) is 0 Å². The fourth-order valence-electron chi connectivity index (χ4n) is 2.55. The molecule has 2 rings (SSSR count). The largest absolute Gasteiger partial charge is 0.370 e. The molecule has 0 aliphatic heterocycles. The van der Waals surface area contributed by atoms with Gasteiger partial charge >= 0.3 is 0 Å². The topological polar surface area (TPSA) is 129 Å². The third-order valence-electron chi connectivity index (χ3n) is 3.40. The molecule has 8 N–H and O–H groups in total. The van der Waals surface area contributed by atoms with Crippen LogP contribution < -0.4 is 22.9 Å². The number of rotatable bonds is 4. The summed E-state index contributed by atoms with van der Waals surface area (Å²) >= 11 is 0. The van der Waals surface area contributed by atoms with Crippen molar-refractivity contribution in [3.8, 4) is 0 Å². The number of hydrogen-bond donors (Lipinski definition) is 4. The van der Waals surface area contributed by atoms with Gasteiger partial charge in [-0.3, -0.25) is 4.99 Å². The van der Waals surface area contributed by atoms with Crippen molar-refractivity contribution in [2.75, 3.05) is 6.54 Å². The molecule has 0 saturated heterocycles. The number of fused-ring (bicyclic) bond motifs is 1. The Morgan fingerprint density at radius 3 is 2.05 bits per heavy atom. The van der Waals surface area contributed by atoms with Crippen molar-refractivity contribution in [2.24, 2.45) is 38.8 Å². The first-order valence-corrected chi connectivity index (χ1v) is 6.27. The van der Waals surface area contributed by atoms with Crippen LogP contribution in [0.5, 0.6) is 0 Å². The average Bonchev–Trinajstić information content (AvgIpc) is 2.77. The Balaban J connectivity index is 0.00000200. The number of aliphatic imine (C=N–C) groups is 2. The number of guanidine groups is 2. The van der Waals surface area contributed by atoms with E-state index in [0.29, 0.717) is 12.5 Å². The molecule has 6 nitrogen and oxygen atoms in total. The highest BCUT2D eigenvalue weighted by molar-refractivity contribution is 5.85. The minimum absolute atomic E-state index is 0. The number of nitrogens with two attached hydrogens (primary N) is 4. The highest BCUT2D eigenvalue weighted by Crippen LogP contribution is 2.30. The van der Waals surface area contributed by atoms with Gasteiger partial charge in [0, 0.05) is 0 Å². The van der Waals surface area contributed by atoms with Gasteiger partial charge in [-0.1, -0.05) is 24.3 Å². The first kappa shape index (κ1) is 16.1. The predicted molar refractivity (Wildman–Crippen MR) is 84.9 cm³/mol. The molecule has 0 radical (unpaired) electrons. The van der Waals surface area contributed by atoms with E-state index < -0.39 is 0 Å². The van der Waals surface area contributed by atoms with Gasteiger partial charge in [-0.15, -0.1) is 12.4 Å². The molecule has 1 unspecified atom stereocenters. The Hall–Kier alpha value is -1.95. The maximum atomic E-state index is 5.49. The summed E-state index contributed by atoms with van der Waals surface area (Å²) in [4.78, 5) is 8.31. The van der Waals surface area contributed by atoms with Gasteiger partial charge in [-0.05, 0) is 29.9 Å². The van der Waals surface area contributed by atoms with Gasteiger partial charge in [0.2, 0.25) is 0 Å². The van der Waals surface area contributed by atoms with Crippen LogP contribution >= 0.6 is 12.4 Å². The molecule has 1 atom stereocenters. The summed E-state index contributed by atoms with van der Waals surface area (Å²) in [7, 11) is 0. The maximum Gasteiger partial charge on any atom is 0.186 e. The van der Waals surface area contributed by atoms with E-state index >= 15 is 0 Å². The monoisotopic (exact) mass is 296 g/mol. The molecule has 0 fully saturated rings. The zero-order chi connectivity index (χ0) is 13.8. The van der Waals surface area contributed by atoms with E-state index in [1.165, 1.54) is 11.1 Å². The number of halogens is 1. The van der Waals surface area contributed by atoms with Crippen LogP contribution in [0.25, 0.3) is 0 Å². The molecular formula is C13H21ClN6. The van der Waals surface area contributed by atoms with Crippen molar-refractivity contribution in [3.63, 3.8) is 0 Å². The highest BCUT2D eigenvalue weighted by atomic mass is 35.5. The van der Waals surface area contributed by atoms with E-state index in [0.717, 1.165) is 12.8 Å². The standard InChI is InChI=1S/C13H20N6.ClH/c14-12(15)18-7-11(19-13(16)17)10-5-8-3-1-2-4-9(8)6-10;/h1-4,10-11H,5-7H2,(H4,14,15,18)(H4,16,17,19);1H. The molecule has 1 aromatic carbocycles. The first-order valence-electron chi connectivity index (χ1n) is 6.27. The van der Waals surface area contributed by atoms with Gasteiger partial charge in [0.25, 0.3) is 0 Å². The number of nitrogens with zero attached hydrogens (tertiary/aromatic N) is 2. The van der Waals surface area contributed by atoms with Crippen molar-refractivity contribution < 1.29 is 0 Å². The summed E-state index contributed by atoms with van der Waals surface area (Å²) in [5.74, 6) is 0.473. The van der Waals surface area contributed by atoms with Crippen molar-refractivity contribution in [2.45, 2.75) is 18.9 Å². The van der Waals surface area contributed by atoms with E-state index in [2.05, 4.69) is 22.1 Å². The van der Waals surface area contributed by atoms with E-state index in [9.17, 15) is 0 Å². The molecule has 0 spiro atoms. The zero-order valence-corrected chi connectivity index (χ0v) is 12.0. The summed E-state index contributed by atoms with van der Waals surface area (Å²) in [5.41, 5.74) is 24.4. The third kappa shape index (κ3) is 4.03. The lowest BCUT2D eigenvalue weighted by Crippen LogP contribution is -2.32. The zero-order valence-electron chi connectivity index (χ0n) is 11.2. The van der Waals surface area contributed by atoms with Crippen LogP contribution in [0.1, 0.15) is 11.1 Å². The van der Waals surface area contributed by atoms with E-state index in [1.54, 1.807) is 0 Å². The van der Waals surface area contributed by atoms with Gasteiger partial charge in [-0.2, -0.15) is 0 Å². The van der Waals surface area contributed by atoms with E-state index in [1.807, 2.05) is 12.1 Å². The fraction of sp³-hybridized carbons (Fsp3) is 0.385. The Morgan fingerprint density at radius 2 is 1.60 bits per heavy atom. The molecule has 1 aliphatic rings. The molecular weight excluding hydrogens is 276 g/mol. The van der Waals surface area contributed by atoms with Crippen molar-refractivity contribution in [3.05, 3.63) is 35.4 Å². The second-order valence-electron chi connectivity index (χ2n) is 4.82. The number of hydrogen-bond acceptors (Lipinski definition) is 2. The maximum absolute atomic E-state index is 5.49. The lowest BCUT2D eigenvalue weighted by molar-refractivity contribution is 0.448. The smallest absolute Gasteiger partial charge is 0.186 e. The molecule has 0 amide bonds. The van der Waals surface area contributed by atoms with Crippen LogP contribution in [0.3, 0.4) is 0 Å². The minimum Gasteiger partial charge on any atom is -0.370 e. The Labute approximate surface area is 124 Å². The molecule has 7 heteroatoms. The molecule has 0 saturated carbocycles. The van der Waals surface area contributed by atoms with Crippen LogP contribution in [-0.2, 0) is 12.8 Å². The Kier molecular flexibility index (Phi) is 5.64. The Bertz CT molecular complexity index is 480. The third-order valence-corrected chi connectivity index (χ3v) is 3.40. The Morgan fingerprint density at radius 1 is 1.05 bits per heavy atom. The quantitative estimate of drug-likeness (QED) is 0.450. The van der Waals surface area contributed by atoms with Crippen molar-refractivity contribution in [1.82, 2.24) is 0 Å². The second-order valence-corrected chi connectivity index (χ2v) is 4.82. The predicted octanol–water partition coefficient (Wildman–Crippen LogP) is -0.261. The van der Waals surface area contributed by atoms with Crippen LogP contribution in [-0.4, -0.2) is 24.5 Å². The van der Waals surface area contributed by atoms with Crippen LogP contribution in [0, 0.1) is 5.92 Å². The van der Waals surface area contributed by atoms with E-state index in [-0.39, 0.29) is 30.4 Å². The normalized spacial score (nSPS) is 14.8. The molecule has 110 valence electrons. The summed E-state index contributed by atoms with van der Waals surface area (Å²) in [6.45, 7) is 0.416.